The average molecular weight is 276 g/mol. The molecule has 100 valence electrons. The molecule has 0 saturated carbocycles. The lowest BCUT2D eigenvalue weighted by Gasteiger charge is -2.12. The van der Waals surface area contributed by atoms with Gasteiger partial charge in [0.2, 0.25) is 10.0 Å². The molecule has 0 bridgehead atoms. The molecule has 0 aliphatic heterocycles. The minimum absolute atomic E-state index is 0.0695. The smallest absolute Gasteiger partial charge is 0.325 e. The third-order valence-corrected chi connectivity index (χ3v) is 3.67. The van der Waals surface area contributed by atoms with Crippen LogP contribution in [-0.4, -0.2) is 32.6 Å². The Kier molecular flexibility index (Phi) is 4.25. The van der Waals surface area contributed by atoms with Crippen LogP contribution in [0.2, 0.25) is 0 Å². The van der Waals surface area contributed by atoms with Gasteiger partial charge in [-0.15, -0.1) is 0 Å². The molecule has 0 amide bonds. The second kappa shape index (κ2) is 5.32. The minimum Gasteiger partial charge on any atom is -0.480 e. The number of hydrogen-bond donors (Lipinski definition) is 3. The van der Waals surface area contributed by atoms with Crippen molar-refractivity contribution in [3.8, 4) is 0 Å². The van der Waals surface area contributed by atoms with Crippen LogP contribution >= 0.6 is 0 Å². The molecular formula is C10H13FN2O4S. The average Bonchev–Trinajstić information content (AvgIpc) is 2.31. The molecule has 0 saturated heterocycles. The second-order valence-electron chi connectivity index (χ2n) is 3.55. The summed E-state index contributed by atoms with van der Waals surface area (Å²) in [6.45, 7) is 1.35. The van der Waals surface area contributed by atoms with Gasteiger partial charge in [0.05, 0.1) is 10.6 Å². The summed E-state index contributed by atoms with van der Waals surface area (Å²) in [5.74, 6) is -1.97. The van der Waals surface area contributed by atoms with Gasteiger partial charge in [-0.2, -0.15) is 0 Å². The summed E-state index contributed by atoms with van der Waals surface area (Å²) in [5.41, 5.74) is -0.0695. The molecule has 3 N–H and O–H groups in total. The van der Waals surface area contributed by atoms with Gasteiger partial charge in [0.15, 0.2) is 0 Å². The lowest BCUT2D eigenvalue weighted by atomic mass is 10.2. The molecule has 0 aromatic heterocycles. The fourth-order valence-corrected chi connectivity index (χ4v) is 1.93. The van der Waals surface area contributed by atoms with Crippen LogP contribution in [0.1, 0.15) is 6.92 Å². The monoisotopic (exact) mass is 276 g/mol. The van der Waals surface area contributed by atoms with Crippen LogP contribution in [0.4, 0.5) is 10.1 Å². The Morgan fingerprint density at radius 3 is 2.50 bits per heavy atom. The van der Waals surface area contributed by atoms with Crippen LogP contribution in [0.5, 0.6) is 0 Å². The molecule has 1 unspecified atom stereocenters. The first-order valence-corrected chi connectivity index (χ1v) is 6.48. The first-order chi connectivity index (χ1) is 8.27. The molecule has 0 heterocycles. The quantitative estimate of drug-likeness (QED) is 0.732. The van der Waals surface area contributed by atoms with Crippen LogP contribution in [0, 0.1) is 5.82 Å². The van der Waals surface area contributed by atoms with Crippen LogP contribution in [0.3, 0.4) is 0 Å². The lowest BCUT2D eigenvalue weighted by Crippen LogP contribution is -2.26. The van der Waals surface area contributed by atoms with Crippen molar-refractivity contribution >= 4 is 21.7 Å². The van der Waals surface area contributed by atoms with E-state index in [2.05, 4.69) is 10.0 Å². The highest BCUT2D eigenvalue weighted by Crippen LogP contribution is 2.19. The van der Waals surface area contributed by atoms with Gasteiger partial charge < -0.3 is 10.4 Å². The zero-order chi connectivity index (χ0) is 13.9. The molecule has 1 aromatic carbocycles. The van der Waals surface area contributed by atoms with Gasteiger partial charge in [-0.1, -0.05) is 0 Å². The van der Waals surface area contributed by atoms with Crippen molar-refractivity contribution in [2.45, 2.75) is 17.9 Å². The van der Waals surface area contributed by atoms with Crippen LogP contribution in [-0.2, 0) is 14.8 Å². The Bertz CT molecular complexity index is 559. The van der Waals surface area contributed by atoms with Crippen LogP contribution in [0.25, 0.3) is 0 Å². The number of carbonyl (C=O) groups is 1. The number of rotatable bonds is 5. The third kappa shape index (κ3) is 3.17. The van der Waals surface area contributed by atoms with E-state index in [4.69, 9.17) is 5.11 Å². The van der Waals surface area contributed by atoms with Crippen molar-refractivity contribution in [2.24, 2.45) is 0 Å². The fourth-order valence-electron chi connectivity index (χ4n) is 1.19. The molecule has 0 radical (unpaired) electrons. The Morgan fingerprint density at radius 1 is 1.44 bits per heavy atom. The number of halogens is 1. The first kappa shape index (κ1) is 14.4. The number of carboxylic acid groups (broad SMARTS) is 1. The Labute approximate surface area is 104 Å². The van der Waals surface area contributed by atoms with Crippen molar-refractivity contribution < 1.29 is 22.7 Å². The number of hydrogen-bond acceptors (Lipinski definition) is 4. The highest BCUT2D eigenvalue weighted by atomic mass is 32.2. The Balaban J connectivity index is 3.04. The molecule has 0 aliphatic carbocycles. The first-order valence-electron chi connectivity index (χ1n) is 5.00. The molecular weight excluding hydrogens is 263 g/mol. The number of benzene rings is 1. The van der Waals surface area contributed by atoms with E-state index in [0.717, 1.165) is 6.07 Å². The Hall–Kier alpha value is -1.67. The van der Waals surface area contributed by atoms with E-state index in [-0.39, 0.29) is 10.6 Å². The SMILES string of the molecule is CNS(=O)(=O)c1ccc(NC(C)C(=O)O)c(F)c1. The van der Waals surface area contributed by atoms with Gasteiger partial charge in [0.25, 0.3) is 0 Å². The maximum absolute atomic E-state index is 13.6. The number of nitrogens with one attached hydrogen (secondary N) is 2. The predicted molar refractivity (Wildman–Crippen MR) is 63.4 cm³/mol. The number of anilines is 1. The van der Waals surface area contributed by atoms with Crippen molar-refractivity contribution in [3.05, 3.63) is 24.0 Å². The van der Waals surface area contributed by atoms with Gasteiger partial charge in [-0.05, 0) is 32.2 Å². The van der Waals surface area contributed by atoms with Crippen molar-refractivity contribution in [1.82, 2.24) is 4.72 Å². The maximum Gasteiger partial charge on any atom is 0.325 e. The maximum atomic E-state index is 13.6. The fraction of sp³-hybridized carbons (Fsp3) is 0.300. The Morgan fingerprint density at radius 2 is 2.06 bits per heavy atom. The highest BCUT2D eigenvalue weighted by molar-refractivity contribution is 7.89. The molecule has 0 aliphatic rings. The van der Waals surface area contributed by atoms with Crippen molar-refractivity contribution in [2.75, 3.05) is 12.4 Å². The van der Waals surface area contributed by atoms with Gasteiger partial charge in [0.1, 0.15) is 11.9 Å². The van der Waals surface area contributed by atoms with Gasteiger partial charge in [-0.25, -0.2) is 17.5 Å². The number of aliphatic carboxylic acids is 1. The van der Waals surface area contributed by atoms with E-state index in [1.54, 1.807) is 0 Å². The molecule has 1 atom stereocenters. The van der Waals surface area contributed by atoms with Crippen LogP contribution in [0.15, 0.2) is 23.1 Å². The molecule has 1 rings (SSSR count). The zero-order valence-corrected chi connectivity index (χ0v) is 10.6. The third-order valence-electron chi connectivity index (χ3n) is 2.26. The minimum atomic E-state index is -3.72. The van der Waals surface area contributed by atoms with Crippen molar-refractivity contribution in [3.63, 3.8) is 0 Å². The number of carboxylic acids is 1. The topological polar surface area (TPSA) is 95.5 Å². The molecule has 1 aromatic rings. The molecule has 18 heavy (non-hydrogen) atoms. The summed E-state index contributed by atoms with van der Waals surface area (Å²) in [6.07, 6.45) is 0. The molecule has 0 spiro atoms. The molecule has 0 fully saturated rings. The van der Waals surface area contributed by atoms with E-state index in [1.807, 2.05) is 0 Å². The van der Waals surface area contributed by atoms with Gasteiger partial charge >= 0.3 is 5.97 Å². The molecule has 8 heteroatoms. The van der Waals surface area contributed by atoms with E-state index in [9.17, 15) is 17.6 Å². The summed E-state index contributed by atoms with van der Waals surface area (Å²) in [5, 5.41) is 11.1. The summed E-state index contributed by atoms with van der Waals surface area (Å²) < 4.78 is 38.5. The number of sulfonamides is 1. The van der Waals surface area contributed by atoms with E-state index in [1.165, 1.54) is 26.1 Å². The lowest BCUT2D eigenvalue weighted by molar-refractivity contribution is -0.137. The van der Waals surface area contributed by atoms with Crippen molar-refractivity contribution in [1.29, 1.82) is 0 Å². The summed E-state index contributed by atoms with van der Waals surface area (Å²) in [4.78, 5) is 10.4. The van der Waals surface area contributed by atoms with E-state index in [0.29, 0.717) is 0 Å². The summed E-state index contributed by atoms with van der Waals surface area (Å²) in [7, 11) is -2.50. The second-order valence-corrected chi connectivity index (χ2v) is 5.44. The van der Waals surface area contributed by atoms with Crippen LogP contribution < -0.4 is 10.0 Å². The largest absolute Gasteiger partial charge is 0.480 e. The highest BCUT2D eigenvalue weighted by Gasteiger charge is 2.16. The summed E-state index contributed by atoms with van der Waals surface area (Å²) >= 11 is 0. The van der Waals surface area contributed by atoms with Gasteiger partial charge in [-0.3, -0.25) is 4.79 Å². The summed E-state index contributed by atoms with van der Waals surface area (Å²) in [6, 6.07) is 2.21. The molecule has 6 nitrogen and oxygen atoms in total. The predicted octanol–water partition coefficient (Wildman–Crippen LogP) is 0.619. The standard InChI is InChI=1S/C10H13FN2O4S/c1-6(10(14)15)13-9-4-3-7(5-8(9)11)18(16,17)12-2/h3-6,12-13H,1-2H3,(H,14,15). The van der Waals surface area contributed by atoms with E-state index < -0.39 is 27.9 Å². The van der Waals surface area contributed by atoms with Gasteiger partial charge in [0, 0.05) is 0 Å². The van der Waals surface area contributed by atoms with E-state index >= 15 is 0 Å². The zero-order valence-electron chi connectivity index (χ0n) is 9.77. The normalized spacial score (nSPS) is 13.1.